The highest BCUT2D eigenvalue weighted by Gasteiger charge is 2.44. The van der Waals surface area contributed by atoms with E-state index in [0.29, 0.717) is 12.8 Å². The molecule has 77 heavy (non-hydrogen) atoms. The van der Waals surface area contributed by atoms with E-state index in [4.69, 9.17) is 9.47 Å². The number of rotatable bonds is 58. The molecule has 11 nitrogen and oxygen atoms in total. The maximum Gasteiger partial charge on any atom is 0.249 e. The van der Waals surface area contributed by atoms with Gasteiger partial charge in [-0.25, -0.2) is 0 Å². The van der Waals surface area contributed by atoms with E-state index in [9.17, 15) is 40.5 Å². The molecule has 1 saturated heterocycles. The first kappa shape index (κ1) is 73.6. The molecule has 0 bridgehead atoms. The Kier molecular flexibility index (Phi) is 52.7. The van der Waals surface area contributed by atoms with Crippen molar-refractivity contribution in [2.24, 2.45) is 0 Å². The molecule has 0 aromatic heterocycles. The lowest BCUT2D eigenvalue weighted by Gasteiger charge is -2.40. The van der Waals surface area contributed by atoms with Crippen LogP contribution in [-0.4, -0.2) is 110 Å². The Balaban J connectivity index is 2.21. The number of allylic oxidation sites excluding steroid dienone is 4. The fourth-order valence-corrected chi connectivity index (χ4v) is 10.9. The molecule has 0 saturated carbocycles. The third-order valence-corrected chi connectivity index (χ3v) is 16.2. The zero-order chi connectivity index (χ0) is 56.1. The minimum Gasteiger partial charge on any atom is -0.394 e. The van der Waals surface area contributed by atoms with Crippen LogP contribution in [0.15, 0.2) is 24.3 Å². The number of hydrogen-bond acceptors (Lipinski definition) is 10. The SMILES string of the molecule is CCCCCCCCCCCCCC/C=C\CCCCCCCCCCCCCCCCCC(O)C(=O)NC(COC1OC(CO)C(O)C(O)C1O)C(O)C(O)CCC/C=C/CCCCCCCCCCCCCCCC. The summed E-state index contributed by atoms with van der Waals surface area (Å²) >= 11 is 0. The number of ether oxygens (including phenoxy) is 2. The van der Waals surface area contributed by atoms with Gasteiger partial charge in [0, 0.05) is 0 Å². The van der Waals surface area contributed by atoms with Gasteiger partial charge in [-0.05, 0) is 64.2 Å². The standard InChI is InChI=1S/C66H127NO10/c1-3-5-7-9-11-13-15-17-19-21-23-24-25-26-27-28-29-30-31-32-33-34-36-38-40-42-44-46-48-50-52-54-59(70)65(75)67-57(56-76-66-64(74)63(73)62(72)60(55-68)77-66)61(71)58(69)53-51-49-47-45-43-41-39-37-35-22-20-18-16-14-12-10-8-6-4-2/h26-27,45,47,57-64,66,68-74H,3-25,28-44,46,48-56H2,1-2H3,(H,67,75)/b27-26-,47-45+. The summed E-state index contributed by atoms with van der Waals surface area (Å²) in [7, 11) is 0. The summed E-state index contributed by atoms with van der Waals surface area (Å²) in [5, 5.41) is 76.3. The zero-order valence-electron chi connectivity index (χ0n) is 50.2. The van der Waals surface area contributed by atoms with Crippen LogP contribution in [0.4, 0.5) is 0 Å². The van der Waals surface area contributed by atoms with Gasteiger partial charge < -0.3 is 50.5 Å². The number of carbonyl (C=O) groups is 1. The smallest absolute Gasteiger partial charge is 0.249 e. The van der Waals surface area contributed by atoms with Gasteiger partial charge in [0.05, 0.1) is 25.4 Å². The molecule has 1 aliphatic rings. The Morgan fingerprint density at radius 1 is 0.442 bits per heavy atom. The summed E-state index contributed by atoms with van der Waals surface area (Å²) in [5.74, 6) is -0.701. The van der Waals surface area contributed by atoms with Crippen molar-refractivity contribution in [1.82, 2.24) is 5.32 Å². The molecule has 456 valence electrons. The Bertz CT molecular complexity index is 1300. The van der Waals surface area contributed by atoms with E-state index in [2.05, 4.69) is 43.5 Å². The fraction of sp³-hybridized carbons (Fsp3) is 0.924. The van der Waals surface area contributed by atoms with Gasteiger partial charge in [0.2, 0.25) is 5.91 Å². The number of hydrogen-bond donors (Lipinski definition) is 8. The van der Waals surface area contributed by atoms with Crippen molar-refractivity contribution in [3.63, 3.8) is 0 Å². The van der Waals surface area contributed by atoms with Gasteiger partial charge in [-0.15, -0.1) is 0 Å². The summed E-state index contributed by atoms with van der Waals surface area (Å²) in [5.41, 5.74) is 0. The minimum absolute atomic E-state index is 0.257. The number of unbranched alkanes of at least 4 members (excludes halogenated alkanes) is 42. The molecule has 9 unspecified atom stereocenters. The molecule has 11 heteroatoms. The van der Waals surface area contributed by atoms with Gasteiger partial charge in [0.25, 0.3) is 0 Å². The lowest BCUT2D eigenvalue weighted by molar-refractivity contribution is -0.303. The van der Waals surface area contributed by atoms with Crippen LogP contribution in [0, 0.1) is 0 Å². The fourth-order valence-electron chi connectivity index (χ4n) is 10.9. The summed E-state index contributed by atoms with van der Waals surface area (Å²) in [6, 6.07) is -1.18. The molecule has 0 radical (unpaired) electrons. The number of amides is 1. The Morgan fingerprint density at radius 2 is 0.766 bits per heavy atom. The molecule has 1 heterocycles. The number of carbonyl (C=O) groups excluding carboxylic acids is 1. The van der Waals surface area contributed by atoms with Crippen molar-refractivity contribution in [1.29, 1.82) is 0 Å². The molecule has 0 aromatic rings. The Morgan fingerprint density at radius 3 is 1.12 bits per heavy atom. The van der Waals surface area contributed by atoms with Crippen LogP contribution in [0.2, 0.25) is 0 Å². The highest BCUT2D eigenvalue weighted by atomic mass is 16.7. The van der Waals surface area contributed by atoms with Gasteiger partial charge in [-0.2, -0.15) is 0 Å². The van der Waals surface area contributed by atoms with Crippen LogP contribution in [-0.2, 0) is 14.3 Å². The predicted molar refractivity (Wildman–Crippen MR) is 321 cm³/mol. The van der Waals surface area contributed by atoms with Crippen molar-refractivity contribution in [3.05, 3.63) is 24.3 Å². The van der Waals surface area contributed by atoms with Gasteiger partial charge in [-0.3, -0.25) is 4.79 Å². The van der Waals surface area contributed by atoms with Crippen molar-refractivity contribution in [3.8, 4) is 0 Å². The van der Waals surface area contributed by atoms with E-state index in [1.165, 1.54) is 244 Å². The first-order valence-corrected chi connectivity index (χ1v) is 33.2. The second-order valence-corrected chi connectivity index (χ2v) is 23.5. The molecule has 0 spiro atoms. The second-order valence-electron chi connectivity index (χ2n) is 23.5. The maximum atomic E-state index is 13.2. The topological polar surface area (TPSA) is 189 Å². The Labute approximate surface area is 474 Å². The molecule has 1 aliphatic heterocycles. The van der Waals surface area contributed by atoms with E-state index in [1.807, 2.05) is 0 Å². The predicted octanol–water partition coefficient (Wildman–Crippen LogP) is 15.2. The average Bonchev–Trinajstić information content (AvgIpc) is 3.43. The summed E-state index contributed by atoms with van der Waals surface area (Å²) in [4.78, 5) is 13.2. The number of aliphatic hydroxyl groups excluding tert-OH is 7. The highest BCUT2D eigenvalue weighted by molar-refractivity contribution is 5.80. The number of nitrogens with one attached hydrogen (secondary N) is 1. The third-order valence-electron chi connectivity index (χ3n) is 16.2. The average molecular weight is 1090 g/mol. The third kappa shape index (κ3) is 43.0. The normalized spacial score (nSPS) is 19.6. The summed E-state index contributed by atoms with van der Waals surface area (Å²) < 4.78 is 11.2. The summed E-state index contributed by atoms with van der Waals surface area (Å²) in [6.45, 7) is 3.49. The molecule has 9 atom stereocenters. The first-order chi connectivity index (χ1) is 37.7. The summed E-state index contributed by atoms with van der Waals surface area (Å²) in [6.07, 6.45) is 56.9. The maximum absolute atomic E-state index is 13.2. The van der Waals surface area contributed by atoms with Crippen LogP contribution < -0.4 is 5.32 Å². The number of aliphatic hydroxyl groups is 7. The molecule has 1 rings (SSSR count). The van der Waals surface area contributed by atoms with Crippen LogP contribution >= 0.6 is 0 Å². The first-order valence-electron chi connectivity index (χ1n) is 33.2. The molecule has 8 N–H and O–H groups in total. The van der Waals surface area contributed by atoms with Crippen molar-refractivity contribution in [2.45, 2.75) is 377 Å². The van der Waals surface area contributed by atoms with E-state index in [0.717, 1.165) is 38.5 Å². The van der Waals surface area contributed by atoms with E-state index in [1.54, 1.807) is 0 Å². The van der Waals surface area contributed by atoms with E-state index in [-0.39, 0.29) is 12.8 Å². The van der Waals surface area contributed by atoms with E-state index >= 15 is 0 Å². The largest absolute Gasteiger partial charge is 0.394 e. The van der Waals surface area contributed by atoms with Crippen molar-refractivity contribution < 1.29 is 50.0 Å². The van der Waals surface area contributed by atoms with Crippen LogP contribution in [0.5, 0.6) is 0 Å². The van der Waals surface area contributed by atoms with Crippen molar-refractivity contribution >= 4 is 5.91 Å². The molecule has 1 amide bonds. The quantitative estimate of drug-likeness (QED) is 0.0215. The van der Waals surface area contributed by atoms with Crippen LogP contribution in [0.25, 0.3) is 0 Å². The van der Waals surface area contributed by atoms with E-state index < -0.39 is 74.2 Å². The minimum atomic E-state index is -1.67. The molecule has 0 aromatic carbocycles. The van der Waals surface area contributed by atoms with Gasteiger partial charge in [-0.1, -0.05) is 282 Å². The molecule has 0 aliphatic carbocycles. The highest BCUT2D eigenvalue weighted by Crippen LogP contribution is 2.24. The second kappa shape index (κ2) is 55.1. The van der Waals surface area contributed by atoms with Gasteiger partial charge in [0.1, 0.15) is 36.6 Å². The van der Waals surface area contributed by atoms with Gasteiger partial charge in [0.15, 0.2) is 6.29 Å². The monoisotopic (exact) mass is 1090 g/mol. The molecular weight excluding hydrogens is 967 g/mol. The van der Waals surface area contributed by atoms with Crippen LogP contribution in [0.1, 0.15) is 322 Å². The van der Waals surface area contributed by atoms with Crippen LogP contribution in [0.3, 0.4) is 0 Å². The van der Waals surface area contributed by atoms with Gasteiger partial charge >= 0.3 is 0 Å². The Hall–Kier alpha value is -1.41. The van der Waals surface area contributed by atoms with Crippen molar-refractivity contribution in [2.75, 3.05) is 13.2 Å². The molecular formula is C66H127NO10. The molecule has 1 fully saturated rings. The lowest BCUT2D eigenvalue weighted by Crippen LogP contribution is -2.60. The zero-order valence-corrected chi connectivity index (χ0v) is 50.2. The lowest BCUT2D eigenvalue weighted by atomic mass is 9.98.